The molecule has 0 amide bonds. The van der Waals surface area contributed by atoms with Gasteiger partial charge in [0.2, 0.25) is 0 Å². The van der Waals surface area contributed by atoms with Crippen LogP contribution in [0, 0.1) is 0 Å². The standard InChI is InChI=1S/C20H21N2/c1-22-12-10-14-6-2-3-7-15(14)20(22)19-17(11-13-22)16-8-4-5-9-18(16)21-19/h2-9,20-21H,10-13H2,1H3/q+1. The Morgan fingerprint density at radius 3 is 2.68 bits per heavy atom. The van der Waals surface area contributed by atoms with Gasteiger partial charge in [0.05, 0.1) is 25.8 Å². The zero-order chi connectivity index (χ0) is 14.7. The molecule has 22 heavy (non-hydrogen) atoms. The number of quaternary nitrogens is 1. The van der Waals surface area contributed by atoms with Crippen molar-refractivity contribution in [1.82, 2.24) is 4.98 Å². The van der Waals surface area contributed by atoms with E-state index in [-0.39, 0.29) is 0 Å². The average Bonchev–Trinajstić information content (AvgIpc) is 2.92. The van der Waals surface area contributed by atoms with Crippen LogP contribution < -0.4 is 0 Å². The fourth-order valence-electron chi connectivity index (χ4n) is 4.67. The van der Waals surface area contributed by atoms with Crippen LogP contribution in [0.25, 0.3) is 10.9 Å². The second-order valence-corrected chi connectivity index (χ2v) is 7.09. The first-order chi connectivity index (χ1) is 10.8. The summed E-state index contributed by atoms with van der Waals surface area (Å²) in [6.45, 7) is 2.49. The summed E-state index contributed by atoms with van der Waals surface area (Å²) < 4.78 is 1.15. The van der Waals surface area contributed by atoms with Gasteiger partial charge in [-0.1, -0.05) is 42.5 Å². The molecule has 2 unspecified atom stereocenters. The Morgan fingerprint density at radius 1 is 0.955 bits per heavy atom. The van der Waals surface area contributed by atoms with E-state index in [0.717, 1.165) is 4.48 Å². The summed E-state index contributed by atoms with van der Waals surface area (Å²) in [6, 6.07) is 18.3. The number of aromatic amines is 1. The third kappa shape index (κ3) is 1.53. The summed E-state index contributed by atoms with van der Waals surface area (Å²) in [7, 11) is 2.44. The van der Waals surface area contributed by atoms with Gasteiger partial charge in [0.25, 0.3) is 0 Å². The molecule has 2 aromatic carbocycles. The van der Waals surface area contributed by atoms with E-state index in [0.29, 0.717) is 6.04 Å². The fraction of sp³-hybridized carbons (Fsp3) is 0.300. The number of likely N-dealkylation sites (N-methyl/N-ethyl adjacent to an activating group) is 1. The molecule has 0 fully saturated rings. The molecule has 3 heterocycles. The van der Waals surface area contributed by atoms with Gasteiger partial charge < -0.3 is 9.47 Å². The van der Waals surface area contributed by atoms with Crippen molar-refractivity contribution in [1.29, 1.82) is 0 Å². The molecule has 0 saturated carbocycles. The van der Waals surface area contributed by atoms with Gasteiger partial charge >= 0.3 is 0 Å². The number of hydrogen-bond acceptors (Lipinski definition) is 0. The SMILES string of the molecule is C[N+]12CCc3ccccc3C1c1[nH]c3ccccc3c1CC2. The summed E-state index contributed by atoms with van der Waals surface area (Å²) in [5, 5.41) is 1.42. The highest BCUT2D eigenvalue weighted by molar-refractivity contribution is 5.85. The maximum absolute atomic E-state index is 3.77. The van der Waals surface area contributed by atoms with E-state index in [1.807, 2.05) is 0 Å². The maximum atomic E-state index is 3.77. The van der Waals surface area contributed by atoms with Crippen molar-refractivity contribution in [3.63, 3.8) is 0 Å². The van der Waals surface area contributed by atoms with Gasteiger partial charge in [-0.05, 0) is 17.2 Å². The van der Waals surface area contributed by atoms with E-state index in [1.54, 1.807) is 5.56 Å². The van der Waals surface area contributed by atoms with Gasteiger partial charge in [0.15, 0.2) is 6.04 Å². The van der Waals surface area contributed by atoms with Crippen molar-refractivity contribution >= 4 is 10.9 Å². The number of aromatic nitrogens is 1. The molecule has 0 spiro atoms. The Bertz CT molecular complexity index is 876. The minimum absolute atomic E-state index is 0.473. The van der Waals surface area contributed by atoms with Crippen molar-refractivity contribution in [2.24, 2.45) is 0 Å². The molecule has 3 aromatic rings. The van der Waals surface area contributed by atoms with Gasteiger partial charge in [-0.15, -0.1) is 0 Å². The van der Waals surface area contributed by atoms with Gasteiger partial charge in [-0.25, -0.2) is 0 Å². The Morgan fingerprint density at radius 2 is 1.73 bits per heavy atom. The second kappa shape index (κ2) is 4.23. The lowest BCUT2D eigenvalue weighted by atomic mass is 9.83. The van der Waals surface area contributed by atoms with E-state index in [2.05, 4.69) is 60.6 Å². The third-order valence-corrected chi connectivity index (χ3v) is 5.86. The molecule has 2 atom stereocenters. The lowest BCUT2D eigenvalue weighted by Crippen LogP contribution is -2.55. The van der Waals surface area contributed by atoms with Crippen molar-refractivity contribution in [2.75, 3.05) is 20.1 Å². The average molecular weight is 289 g/mol. The molecule has 2 aliphatic rings. The number of H-pyrrole nitrogens is 1. The van der Waals surface area contributed by atoms with E-state index < -0.39 is 0 Å². The first-order valence-electron chi connectivity index (χ1n) is 8.28. The van der Waals surface area contributed by atoms with Gasteiger partial charge in [0.1, 0.15) is 0 Å². The molecule has 1 aromatic heterocycles. The van der Waals surface area contributed by atoms with Crippen LogP contribution >= 0.6 is 0 Å². The van der Waals surface area contributed by atoms with Crippen LogP contribution in [0.2, 0.25) is 0 Å². The molecular formula is C20H21N2+. The minimum atomic E-state index is 0.473. The first-order valence-corrected chi connectivity index (χ1v) is 8.28. The Hall–Kier alpha value is -2.06. The summed E-state index contributed by atoms with van der Waals surface area (Å²) in [5.74, 6) is 0. The number of rotatable bonds is 0. The number of hydrogen-bond donors (Lipinski definition) is 1. The normalized spacial score (nSPS) is 26.3. The number of para-hydroxylation sites is 1. The van der Waals surface area contributed by atoms with E-state index >= 15 is 0 Å². The van der Waals surface area contributed by atoms with Crippen LogP contribution in [0.5, 0.6) is 0 Å². The number of nitrogens with one attached hydrogen (secondary N) is 1. The minimum Gasteiger partial charge on any atom is -0.353 e. The Labute approximate surface area is 131 Å². The largest absolute Gasteiger partial charge is 0.353 e. The highest BCUT2D eigenvalue weighted by atomic mass is 15.4. The molecule has 2 aliphatic heterocycles. The molecular weight excluding hydrogens is 268 g/mol. The summed E-state index contributed by atoms with van der Waals surface area (Å²) >= 11 is 0. The molecule has 110 valence electrons. The topological polar surface area (TPSA) is 15.8 Å². The van der Waals surface area contributed by atoms with Crippen LogP contribution in [0.3, 0.4) is 0 Å². The highest BCUT2D eigenvalue weighted by Gasteiger charge is 2.45. The molecule has 2 heteroatoms. The second-order valence-electron chi connectivity index (χ2n) is 7.09. The molecule has 0 bridgehead atoms. The molecule has 1 N–H and O–H groups in total. The van der Waals surface area contributed by atoms with E-state index in [1.165, 1.54) is 53.7 Å². The van der Waals surface area contributed by atoms with Crippen LogP contribution in [0.1, 0.15) is 28.4 Å². The third-order valence-electron chi connectivity index (χ3n) is 5.86. The number of nitrogens with zero attached hydrogens (tertiary/aromatic N) is 1. The predicted molar refractivity (Wildman–Crippen MR) is 89.9 cm³/mol. The quantitative estimate of drug-likeness (QED) is 0.606. The zero-order valence-electron chi connectivity index (χ0n) is 13.0. The molecule has 0 radical (unpaired) electrons. The van der Waals surface area contributed by atoms with Gasteiger partial charge in [-0.3, -0.25) is 0 Å². The van der Waals surface area contributed by atoms with Crippen molar-refractivity contribution in [3.8, 4) is 0 Å². The van der Waals surface area contributed by atoms with Crippen LogP contribution in [-0.4, -0.2) is 29.6 Å². The number of fused-ring (bicyclic) bond motifs is 7. The predicted octanol–water partition coefficient (Wildman–Crippen LogP) is 3.82. The zero-order valence-corrected chi connectivity index (χ0v) is 13.0. The van der Waals surface area contributed by atoms with Crippen LogP contribution in [-0.2, 0) is 12.8 Å². The van der Waals surface area contributed by atoms with E-state index in [9.17, 15) is 0 Å². The van der Waals surface area contributed by atoms with Gasteiger partial charge in [-0.2, -0.15) is 0 Å². The van der Waals surface area contributed by atoms with Crippen molar-refractivity contribution in [3.05, 3.63) is 70.9 Å². The van der Waals surface area contributed by atoms with E-state index in [4.69, 9.17) is 0 Å². The molecule has 2 nitrogen and oxygen atoms in total. The number of benzene rings is 2. The first kappa shape index (κ1) is 12.5. The van der Waals surface area contributed by atoms with Crippen LogP contribution in [0.4, 0.5) is 0 Å². The fourth-order valence-corrected chi connectivity index (χ4v) is 4.67. The molecule has 5 rings (SSSR count). The Balaban J connectivity index is 1.81. The molecule has 0 saturated heterocycles. The molecule has 0 aliphatic carbocycles. The lowest BCUT2D eigenvalue weighted by Gasteiger charge is -2.48. The highest BCUT2D eigenvalue weighted by Crippen LogP contribution is 2.45. The van der Waals surface area contributed by atoms with Gasteiger partial charge in [0, 0.05) is 29.3 Å². The smallest absolute Gasteiger partial charge is 0.156 e. The Kier molecular flexibility index (Phi) is 2.40. The lowest BCUT2D eigenvalue weighted by molar-refractivity contribution is -0.937. The summed E-state index contributed by atoms with van der Waals surface area (Å²) in [5.41, 5.74) is 7.37. The monoisotopic (exact) mass is 289 g/mol. The van der Waals surface area contributed by atoms with Crippen molar-refractivity contribution < 1.29 is 4.48 Å². The van der Waals surface area contributed by atoms with Crippen molar-refractivity contribution in [2.45, 2.75) is 18.9 Å². The summed E-state index contributed by atoms with van der Waals surface area (Å²) in [4.78, 5) is 3.77. The van der Waals surface area contributed by atoms with Crippen LogP contribution in [0.15, 0.2) is 48.5 Å². The summed E-state index contributed by atoms with van der Waals surface area (Å²) in [6.07, 6.45) is 2.40. The maximum Gasteiger partial charge on any atom is 0.156 e.